The average Bonchev–Trinajstić information content (AvgIpc) is 2.34. The number of hydrogen-bond acceptors (Lipinski definition) is 1. The van der Waals surface area contributed by atoms with Crippen molar-refractivity contribution in [1.82, 2.24) is 0 Å². The van der Waals surface area contributed by atoms with Crippen molar-refractivity contribution in [3.05, 3.63) is 0 Å². The molecule has 2 fully saturated rings. The van der Waals surface area contributed by atoms with E-state index in [1.807, 2.05) is 0 Å². The lowest BCUT2D eigenvalue weighted by Gasteiger charge is -2.26. The fourth-order valence-corrected chi connectivity index (χ4v) is 2.70. The molecule has 1 unspecified atom stereocenters. The molecule has 2 aliphatic carbocycles. The van der Waals surface area contributed by atoms with Crippen LogP contribution in [-0.2, 0) is 0 Å². The van der Waals surface area contributed by atoms with Gasteiger partial charge < -0.3 is 5.11 Å². The van der Waals surface area contributed by atoms with Gasteiger partial charge in [-0.3, -0.25) is 0 Å². The second kappa shape index (κ2) is 2.54. The number of aliphatic hydroxyl groups excluding tert-OH is 1. The lowest BCUT2D eigenvalue weighted by molar-refractivity contribution is 0.0963. The molecule has 0 spiro atoms. The van der Waals surface area contributed by atoms with Gasteiger partial charge >= 0.3 is 0 Å². The SMILES string of the molecule is O[C@H]1CC[C@@H]2CCCCC21. The summed E-state index contributed by atoms with van der Waals surface area (Å²) < 4.78 is 0. The van der Waals surface area contributed by atoms with Crippen molar-refractivity contribution < 1.29 is 5.11 Å². The maximum absolute atomic E-state index is 9.52. The van der Waals surface area contributed by atoms with Crippen LogP contribution in [0, 0.1) is 11.8 Å². The van der Waals surface area contributed by atoms with Crippen molar-refractivity contribution in [2.45, 2.75) is 44.6 Å². The molecule has 2 saturated carbocycles. The van der Waals surface area contributed by atoms with E-state index in [-0.39, 0.29) is 6.10 Å². The number of aliphatic hydroxyl groups is 1. The molecule has 0 bridgehead atoms. The Balaban J connectivity index is 2.01. The van der Waals surface area contributed by atoms with Gasteiger partial charge in [0, 0.05) is 0 Å². The van der Waals surface area contributed by atoms with E-state index in [1.165, 1.54) is 32.1 Å². The standard InChI is InChI=1S/C9H16O/c10-9-6-5-7-3-1-2-4-8(7)9/h7-10H,1-6H2/t7-,8?,9-/m0/s1. The summed E-state index contributed by atoms with van der Waals surface area (Å²) in [4.78, 5) is 0. The first-order valence-electron chi connectivity index (χ1n) is 4.56. The van der Waals surface area contributed by atoms with Crippen LogP contribution in [-0.4, -0.2) is 11.2 Å². The van der Waals surface area contributed by atoms with Crippen molar-refractivity contribution in [1.29, 1.82) is 0 Å². The molecule has 1 N–H and O–H groups in total. The summed E-state index contributed by atoms with van der Waals surface area (Å²) in [6.45, 7) is 0. The molecule has 1 heteroatoms. The molecule has 0 radical (unpaired) electrons. The third-order valence-electron chi connectivity index (χ3n) is 3.30. The van der Waals surface area contributed by atoms with Crippen LogP contribution in [0.2, 0.25) is 0 Å². The van der Waals surface area contributed by atoms with Crippen LogP contribution < -0.4 is 0 Å². The Morgan fingerprint density at radius 2 is 1.70 bits per heavy atom. The van der Waals surface area contributed by atoms with Gasteiger partial charge in [-0.2, -0.15) is 0 Å². The molecule has 0 aromatic heterocycles. The van der Waals surface area contributed by atoms with Gasteiger partial charge in [-0.05, 0) is 31.1 Å². The average molecular weight is 140 g/mol. The maximum Gasteiger partial charge on any atom is 0.0571 e. The normalized spacial score (nSPS) is 47.1. The van der Waals surface area contributed by atoms with Gasteiger partial charge in [0.1, 0.15) is 0 Å². The van der Waals surface area contributed by atoms with E-state index in [0.717, 1.165) is 12.3 Å². The molecule has 1 nitrogen and oxygen atoms in total. The summed E-state index contributed by atoms with van der Waals surface area (Å²) in [5.74, 6) is 1.58. The maximum atomic E-state index is 9.52. The zero-order valence-electron chi connectivity index (χ0n) is 6.42. The monoisotopic (exact) mass is 140 g/mol. The number of hydrogen-bond donors (Lipinski definition) is 1. The predicted octanol–water partition coefficient (Wildman–Crippen LogP) is 1.95. The predicted molar refractivity (Wildman–Crippen MR) is 40.7 cm³/mol. The Morgan fingerprint density at radius 1 is 0.900 bits per heavy atom. The van der Waals surface area contributed by atoms with Crippen LogP contribution in [0.1, 0.15) is 38.5 Å². The molecule has 0 aromatic carbocycles. The van der Waals surface area contributed by atoms with Crippen molar-refractivity contribution >= 4 is 0 Å². The lowest BCUT2D eigenvalue weighted by Crippen LogP contribution is -2.22. The highest BCUT2D eigenvalue weighted by atomic mass is 16.3. The van der Waals surface area contributed by atoms with Gasteiger partial charge in [-0.25, -0.2) is 0 Å². The second-order valence-electron chi connectivity index (χ2n) is 3.85. The Hall–Kier alpha value is -0.0400. The summed E-state index contributed by atoms with van der Waals surface area (Å²) in [5, 5.41) is 9.52. The highest BCUT2D eigenvalue weighted by molar-refractivity contribution is 4.86. The van der Waals surface area contributed by atoms with Crippen molar-refractivity contribution in [3.8, 4) is 0 Å². The first-order valence-corrected chi connectivity index (χ1v) is 4.56. The molecular formula is C9H16O. The largest absolute Gasteiger partial charge is 0.393 e. The molecule has 3 atom stereocenters. The Morgan fingerprint density at radius 3 is 2.50 bits per heavy atom. The molecule has 0 aliphatic heterocycles. The molecule has 10 heavy (non-hydrogen) atoms. The van der Waals surface area contributed by atoms with Crippen molar-refractivity contribution in [3.63, 3.8) is 0 Å². The van der Waals surface area contributed by atoms with Crippen LogP contribution in [0.15, 0.2) is 0 Å². The molecule has 2 rings (SSSR count). The van der Waals surface area contributed by atoms with Gasteiger partial charge in [-0.1, -0.05) is 19.3 Å². The second-order valence-corrected chi connectivity index (χ2v) is 3.85. The molecule has 0 saturated heterocycles. The van der Waals surface area contributed by atoms with E-state index in [0.29, 0.717) is 5.92 Å². The first-order chi connectivity index (χ1) is 4.88. The highest BCUT2D eigenvalue weighted by Gasteiger charge is 2.35. The van der Waals surface area contributed by atoms with Crippen LogP contribution in [0.3, 0.4) is 0 Å². The summed E-state index contributed by atoms with van der Waals surface area (Å²) in [5.41, 5.74) is 0. The summed E-state index contributed by atoms with van der Waals surface area (Å²) in [6.07, 6.45) is 7.89. The third-order valence-corrected chi connectivity index (χ3v) is 3.30. The van der Waals surface area contributed by atoms with Crippen LogP contribution in [0.5, 0.6) is 0 Å². The quantitative estimate of drug-likeness (QED) is 0.545. The molecule has 0 aromatic rings. The van der Waals surface area contributed by atoms with Crippen molar-refractivity contribution in [2.75, 3.05) is 0 Å². The summed E-state index contributed by atoms with van der Waals surface area (Å²) in [6, 6.07) is 0. The minimum Gasteiger partial charge on any atom is -0.393 e. The Bertz CT molecular complexity index is 120. The lowest BCUT2D eigenvalue weighted by atomic mass is 9.81. The minimum absolute atomic E-state index is 0.0605. The van der Waals surface area contributed by atoms with E-state index in [9.17, 15) is 5.11 Å². The van der Waals surface area contributed by atoms with Crippen LogP contribution >= 0.6 is 0 Å². The van der Waals surface area contributed by atoms with E-state index in [2.05, 4.69) is 0 Å². The van der Waals surface area contributed by atoms with Crippen LogP contribution in [0.25, 0.3) is 0 Å². The zero-order chi connectivity index (χ0) is 6.97. The van der Waals surface area contributed by atoms with Gasteiger partial charge in [0.15, 0.2) is 0 Å². The number of fused-ring (bicyclic) bond motifs is 1. The van der Waals surface area contributed by atoms with Gasteiger partial charge in [0.05, 0.1) is 6.10 Å². The molecule has 0 heterocycles. The number of rotatable bonds is 0. The van der Waals surface area contributed by atoms with Crippen molar-refractivity contribution in [2.24, 2.45) is 11.8 Å². The van der Waals surface area contributed by atoms with E-state index in [4.69, 9.17) is 0 Å². The fraction of sp³-hybridized carbons (Fsp3) is 1.00. The van der Waals surface area contributed by atoms with Gasteiger partial charge in [0.25, 0.3) is 0 Å². The minimum atomic E-state index is 0.0605. The van der Waals surface area contributed by atoms with E-state index >= 15 is 0 Å². The third kappa shape index (κ3) is 0.968. The van der Waals surface area contributed by atoms with E-state index < -0.39 is 0 Å². The highest BCUT2D eigenvalue weighted by Crippen LogP contribution is 2.41. The first kappa shape index (κ1) is 6.66. The molecule has 0 amide bonds. The topological polar surface area (TPSA) is 20.2 Å². The van der Waals surface area contributed by atoms with Gasteiger partial charge in [-0.15, -0.1) is 0 Å². The molecule has 2 aliphatic rings. The molecule has 58 valence electrons. The fourth-order valence-electron chi connectivity index (χ4n) is 2.70. The smallest absolute Gasteiger partial charge is 0.0571 e. The van der Waals surface area contributed by atoms with Crippen LogP contribution in [0.4, 0.5) is 0 Å². The Kier molecular flexibility index (Phi) is 1.69. The molecular weight excluding hydrogens is 124 g/mol. The summed E-state index contributed by atoms with van der Waals surface area (Å²) in [7, 11) is 0. The zero-order valence-corrected chi connectivity index (χ0v) is 6.42. The van der Waals surface area contributed by atoms with Gasteiger partial charge in [0.2, 0.25) is 0 Å². The van der Waals surface area contributed by atoms with E-state index in [1.54, 1.807) is 0 Å². The summed E-state index contributed by atoms with van der Waals surface area (Å²) >= 11 is 0. The Labute approximate surface area is 62.4 Å².